The molecule has 2 saturated heterocycles. The molecule has 24 heavy (non-hydrogen) atoms. The van der Waals surface area contributed by atoms with Crippen LogP contribution in [0.2, 0.25) is 0 Å². The summed E-state index contributed by atoms with van der Waals surface area (Å²) < 4.78 is 5.53. The van der Waals surface area contributed by atoms with Crippen LogP contribution in [0.5, 0.6) is 0 Å². The number of rotatable bonds is 3. The minimum atomic E-state index is 0.422. The highest BCUT2D eigenvalue weighted by Crippen LogP contribution is 2.28. The molecule has 1 aromatic heterocycles. The molecule has 0 bridgehead atoms. The maximum Gasteiger partial charge on any atom is 0.133 e. The number of hydrogen-bond acceptors (Lipinski definition) is 4. The van der Waals surface area contributed by atoms with Crippen molar-refractivity contribution >= 4 is 5.69 Å². The third-order valence-corrected chi connectivity index (χ3v) is 5.57. The van der Waals surface area contributed by atoms with Crippen LogP contribution < -0.4 is 10.6 Å². The Balaban J connectivity index is 1.38. The third-order valence-electron chi connectivity index (χ3n) is 5.57. The zero-order valence-electron chi connectivity index (χ0n) is 14.2. The van der Waals surface area contributed by atoms with Crippen molar-refractivity contribution in [2.45, 2.75) is 37.8 Å². The van der Waals surface area contributed by atoms with Crippen LogP contribution in [0.3, 0.4) is 0 Å². The van der Waals surface area contributed by atoms with Gasteiger partial charge in [-0.3, -0.25) is 0 Å². The molecule has 128 valence electrons. The summed E-state index contributed by atoms with van der Waals surface area (Å²) in [5, 5.41) is 0. The van der Waals surface area contributed by atoms with E-state index < -0.39 is 0 Å². The molecule has 2 aromatic rings. The number of likely N-dealkylation sites (tertiary alicyclic amines) is 1. The number of hydrogen-bond donors (Lipinski definition) is 1. The predicted octanol–water partition coefficient (Wildman–Crippen LogP) is 3.34. The molecule has 4 nitrogen and oxygen atoms in total. The molecule has 4 heteroatoms. The second-order valence-electron chi connectivity index (χ2n) is 7.12. The quantitative estimate of drug-likeness (QED) is 0.940. The lowest BCUT2D eigenvalue weighted by atomic mass is 9.98. The van der Waals surface area contributed by atoms with Crippen molar-refractivity contribution in [1.82, 2.24) is 4.90 Å². The lowest BCUT2D eigenvalue weighted by Gasteiger charge is -2.42. The van der Waals surface area contributed by atoms with Gasteiger partial charge >= 0.3 is 0 Å². The molecule has 2 aliphatic heterocycles. The van der Waals surface area contributed by atoms with Gasteiger partial charge in [0, 0.05) is 36.4 Å². The van der Waals surface area contributed by atoms with Crippen LogP contribution >= 0.6 is 0 Å². The molecule has 0 amide bonds. The summed E-state index contributed by atoms with van der Waals surface area (Å²) in [6, 6.07) is 13.8. The molecule has 2 N–H and O–H groups in total. The summed E-state index contributed by atoms with van der Waals surface area (Å²) in [6.07, 6.45) is 6.55. The first-order chi connectivity index (χ1) is 11.8. The van der Waals surface area contributed by atoms with Gasteiger partial charge in [0.25, 0.3) is 0 Å². The second-order valence-corrected chi connectivity index (χ2v) is 7.12. The van der Waals surface area contributed by atoms with Crippen molar-refractivity contribution in [2.75, 3.05) is 31.1 Å². The Kier molecular flexibility index (Phi) is 4.58. The Labute approximate surface area is 144 Å². The van der Waals surface area contributed by atoms with Crippen molar-refractivity contribution < 1.29 is 4.42 Å². The molecule has 1 aromatic carbocycles. The molecule has 0 atom stereocenters. The van der Waals surface area contributed by atoms with E-state index in [4.69, 9.17) is 10.2 Å². The summed E-state index contributed by atoms with van der Waals surface area (Å²) in [5.41, 5.74) is 8.50. The molecule has 0 spiro atoms. The number of nitrogens with zero attached hydrogens (tertiary/aromatic N) is 2. The molecule has 2 fully saturated rings. The summed E-state index contributed by atoms with van der Waals surface area (Å²) in [4.78, 5) is 5.18. The Hall–Kier alpha value is -1.78. The van der Waals surface area contributed by atoms with Crippen molar-refractivity contribution in [3.05, 3.63) is 42.7 Å². The van der Waals surface area contributed by atoms with Crippen LogP contribution in [0.4, 0.5) is 5.69 Å². The molecule has 2 aliphatic rings. The Morgan fingerprint density at radius 3 is 2.42 bits per heavy atom. The highest BCUT2D eigenvalue weighted by molar-refractivity contribution is 5.64. The van der Waals surface area contributed by atoms with Gasteiger partial charge in [-0.1, -0.05) is 12.1 Å². The van der Waals surface area contributed by atoms with Gasteiger partial charge in [0.1, 0.15) is 5.76 Å². The minimum absolute atomic E-state index is 0.422. The maximum absolute atomic E-state index is 6.04. The van der Waals surface area contributed by atoms with Gasteiger partial charge in [-0.05, 0) is 63.0 Å². The lowest BCUT2D eigenvalue weighted by Crippen LogP contribution is -2.49. The van der Waals surface area contributed by atoms with E-state index in [-0.39, 0.29) is 0 Å². The molecule has 0 aliphatic carbocycles. The maximum atomic E-state index is 6.04. The molecule has 3 heterocycles. The summed E-state index contributed by atoms with van der Waals surface area (Å²) >= 11 is 0. The second kappa shape index (κ2) is 6.99. The normalized spacial score (nSPS) is 21.3. The van der Waals surface area contributed by atoms with E-state index in [0.29, 0.717) is 6.04 Å². The zero-order valence-corrected chi connectivity index (χ0v) is 14.2. The van der Waals surface area contributed by atoms with Gasteiger partial charge in [0.15, 0.2) is 0 Å². The Morgan fingerprint density at radius 2 is 1.71 bits per heavy atom. The highest BCUT2D eigenvalue weighted by atomic mass is 16.3. The standard InChI is InChI=1S/C20H27N3O/c21-17-6-10-22(11-7-17)18-8-12-23(13-9-18)19-4-1-3-16(15-19)20-5-2-14-24-20/h1-5,14-15,17-18H,6-13,21H2. The first kappa shape index (κ1) is 15.7. The van der Waals surface area contributed by atoms with Gasteiger partial charge in [-0.2, -0.15) is 0 Å². The first-order valence-electron chi connectivity index (χ1n) is 9.18. The Bertz CT molecular complexity index is 639. The number of anilines is 1. The molecular formula is C20H27N3O. The van der Waals surface area contributed by atoms with Crippen molar-refractivity contribution in [3.63, 3.8) is 0 Å². The van der Waals surface area contributed by atoms with Crippen molar-refractivity contribution in [1.29, 1.82) is 0 Å². The van der Waals surface area contributed by atoms with Crippen LogP contribution in [-0.4, -0.2) is 43.2 Å². The fraction of sp³-hybridized carbons (Fsp3) is 0.500. The van der Waals surface area contributed by atoms with Gasteiger partial charge in [-0.25, -0.2) is 0 Å². The van der Waals surface area contributed by atoms with Crippen LogP contribution in [0.25, 0.3) is 11.3 Å². The van der Waals surface area contributed by atoms with Gasteiger partial charge in [-0.15, -0.1) is 0 Å². The number of furan rings is 1. The van der Waals surface area contributed by atoms with Crippen LogP contribution in [0.15, 0.2) is 47.1 Å². The van der Waals surface area contributed by atoms with E-state index in [1.165, 1.54) is 31.6 Å². The fourth-order valence-corrected chi connectivity index (χ4v) is 4.07. The molecule has 0 saturated carbocycles. The van der Waals surface area contributed by atoms with E-state index in [2.05, 4.69) is 34.1 Å². The van der Waals surface area contributed by atoms with Crippen molar-refractivity contribution in [3.8, 4) is 11.3 Å². The fourth-order valence-electron chi connectivity index (χ4n) is 4.07. The third kappa shape index (κ3) is 3.35. The van der Waals surface area contributed by atoms with Crippen LogP contribution in [0, 0.1) is 0 Å². The van der Waals surface area contributed by atoms with E-state index in [0.717, 1.165) is 43.3 Å². The SMILES string of the molecule is NC1CCN(C2CCN(c3cccc(-c4ccco4)c3)CC2)CC1. The summed E-state index contributed by atoms with van der Waals surface area (Å²) in [5.74, 6) is 0.941. The van der Waals surface area contributed by atoms with Crippen molar-refractivity contribution in [2.24, 2.45) is 5.73 Å². The van der Waals surface area contributed by atoms with E-state index in [1.54, 1.807) is 6.26 Å². The smallest absolute Gasteiger partial charge is 0.133 e. The van der Waals surface area contributed by atoms with Crippen LogP contribution in [0.1, 0.15) is 25.7 Å². The minimum Gasteiger partial charge on any atom is -0.464 e. The van der Waals surface area contributed by atoms with E-state index >= 15 is 0 Å². The van der Waals surface area contributed by atoms with E-state index in [1.807, 2.05) is 12.1 Å². The monoisotopic (exact) mass is 325 g/mol. The first-order valence-corrected chi connectivity index (χ1v) is 9.18. The number of nitrogens with two attached hydrogens (primary N) is 1. The van der Waals surface area contributed by atoms with Gasteiger partial charge < -0.3 is 20.0 Å². The topological polar surface area (TPSA) is 45.6 Å². The Morgan fingerprint density at radius 1 is 0.917 bits per heavy atom. The number of piperidine rings is 2. The highest BCUT2D eigenvalue weighted by Gasteiger charge is 2.27. The largest absolute Gasteiger partial charge is 0.464 e. The molecule has 4 rings (SSSR count). The van der Waals surface area contributed by atoms with Gasteiger partial charge in [0.2, 0.25) is 0 Å². The lowest BCUT2D eigenvalue weighted by molar-refractivity contribution is 0.133. The molecular weight excluding hydrogens is 298 g/mol. The predicted molar refractivity (Wildman–Crippen MR) is 98.2 cm³/mol. The zero-order chi connectivity index (χ0) is 16.4. The summed E-state index contributed by atoms with van der Waals surface area (Å²) in [7, 11) is 0. The average molecular weight is 325 g/mol. The average Bonchev–Trinajstić information content (AvgIpc) is 3.17. The summed E-state index contributed by atoms with van der Waals surface area (Å²) in [6.45, 7) is 4.63. The van der Waals surface area contributed by atoms with Gasteiger partial charge in [0.05, 0.1) is 6.26 Å². The number of benzene rings is 1. The molecule has 0 unspecified atom stereocenters. The van der Waals surface area contributed by atoms with E-state index in [9.17, 15) is 0 Å². The van der Waals surface area contributed by atoms with Crippen LogP contribution in [-0.2, 0) is 0 Å². The molecule has 0 radical (unpaired) electrons.